The van der Waals surface area contributed by atoms with Crippen LogP contribution < -0.4 is 11.1 Å². The van der Waals surface area contributed by atoms with Crippen molar-refractivity contribution >= 4 is 42.1 Å². The summed E-state index contributed by atoms with van der Waals surface area (Å²) in [6.07, 6.45) is 2.09. The van der Waals surface area contributed by atoms with E-state index in [0.29, 0.717) is 23.8 Å². The van der Waals surface area contributed by atoms with E-state index in [0.717, 1.165) is 43.7 Å². The first-order valence-corrected chi connectivity index (χ1v) is 9.15. The minimum atomic E-state index is -0.143. The molecule has 1 saturated heterocycles. The largest absolute Gasteiger partial charge is 0.399 e. The summed E-state index contributed by atoms with van der Waals surface area (Å²) in [7, 11) is 0. The van der Waals surface area contributed by atoms with E-state index in [1.807, 2.05) is 31.2 Å². The highest BCUT2D eigenvalue weighted by atomic mass is 35.5. The molecule has 0 unspecified atom stereocenters. The van der Waals surface area contributed by atoms with E-state index in [1.54, 1.807) is 12.1 Å². The van der Waals surface area contributed by atoms with Crippen molar-refractivity contribution in [3.05, 3.63) is 59.2 Å². The minimum absolute atomic E-state index is 0. The lowest BCUT2D eigenvalue weighted by atomic mass is 9.97. The lowest BCUT2D eigenvalue weighted by Crippen LogP contribution is -2.34. The van der Waals surface area contributed by atoms with Gasteiger partial charge in [0.15, 0.2) is 0 Å². The van der Waals surface area contributed by atoms with Gasteiger partial charge in [0.25, 0.3) is 5.91 Å². The van der Waals surface area contributed by atoms with Crippen LogP contribution in [0.3, 0.4) is 0 Å². The van der Waals surface area contributed by atoms with Crippen molar-refractivity contribution in [2.24, 2.45) is 5.92 Å². The number of nitrogen functional groups attached to an aromatic ring is 1. The van der Waals surface area contributed by atoms with Crippen LogP contribution >= 0.6 is 24.8 Å². The number of aryl methyl sites for hydroxylation is 1. The maximum Gasteiger partial charge on any atom is 0.256 e. The van der Waals surface area contributed by atoms with Crippen LogP contribution in [0.25, 0.3) is 0 Å². The third-order valence-corrected chi connectivity index (χ3v) is 5.06. The van der Waals surface area contributed by atoms with Crippen LogP contribution in [0.15, 0.2) is 42.5 Å². The molecular formula is C21H29Cl2N3O2. The predicted octanol–water partition coefficient (Wildman–Crippen LogP) is 3.88. The Kier molecular flexibility index (Phi) is 9.76. The molecule has 0 bridgehead atoms. The van der Waals surface area contributed by atoms with Crippen molar-refractivity contribution < 1.29 is 9.90 Å². The molecule has 2 aromatic carbocycles. The van der Waals surface area contributed by atoms with E-state index < -0.39 is 0 Å². The molecule has 5 nitrogen and oxygen atoms in total. The Morgan fingerprint density at radius 3 is 2.57 bits per heavy atom. The molecule has 4 N–H and O–H groups in total. The van der Waals surface area contributed by atoms with Gasteiger partial charge in [-0.15, -0.1) is 24.8 Å². The summed E-state index contributed by atoms with van der Waals surface area (Å²) < 4.78 is 0. The summed E-state index contributed by atoms with van der Waals surface area (Å²) in [5, 5.41) is 12.2. The number of carbonyl (C=O) groups is 1. The van der Waals surface area contributed by atoms with E-state index in [2.05, 4.69) is 16.3 Å². The number of amides is 1. The first-order valence-electron chi connectivity index (χ1n) is 9.15. The van der Waals surface area contributed by atoms with Gasteiger partial charge in [-0.05, 0) is 74.2 Å². The van der Waals surface area contributed by atoms with Crippen LogP contribution in [0.2, 0.25) is 0 Å². The smallest absolute Gasteiger partial charge is 0.256 e. The molecule has 154 valence electrons. The molecule has 1 fully saturated rings. The highest BCUT2D eigenvalue weighted by Crippen LogP contribution is 2.20. The zero-order valence-electron chi connectivity index (χ0n) is 16.1. The highest BCUT2D eigenvalue weighted by Gasteiger charge is 2.18. The summed E-state index contributed by atoms with van der Waals surface area (Å²) in [4.78, 5) is 15.0. The molecule has 0 radical (unpaired) electrons. The van der Waals surface area contributed by atoms with E-state index >= 15 is 0 Å². The summed E-state index contributed by atoms with van der Waals surface area (Å²) in [5.74, 6) is 0.300. The third-order valence-electron chi connectivity index (χ3n) is 5.06. The Morgan fingerprint density at radius 1 is 1.18 bits per heavy atom. The van der Waals surface area contributed by atoms with Crippen LogP contribution in [-0.4, -0.2) is 35.6 Å². The third kappa shape index (κ3) is 6.38. The number of hydrogen-bond acceptors (Lipinski definition) is 4. The summed E-state index contributed by atoms with van der Waals surface area (Å²) in [6.45, 7) is 5.06. The van der Waals surface area contributed by atoms with Crippen LogP contribution in [-0.2, 0) is 6.54 Å². The van der Waals surface area contributed by atoms with Gasteiger partial charge >= 0.3 is 0 Å². The molecule has 0 aliphatic carbocycles. The Bertz CT molecular complexity index is 778. The number of hydrogen-bond donors (Lipinski definition) is 3. The number of aliphatic hydroxyl groups is 1. The average molecular weight is 426 g/mol. The molecule has 1 aliphatic heterocycles. The fraction of sp³-hybridized carbons (Fsp3) is 0.381. The molecule has 1 heterocycles. The quantitative estimate of drug-likeness (QED) is 0.635. The molecule has 7 heteroatoms. The average Bonchev–Trinajstić information content (AvgIpc) is 2.64. The van der Waals surface area contributed by atoms with Crippen molar-refractivity contribution in [1.29, 1.82) is 0 Å². The lowest BCUT2D eigenvalue weighted by molar-refractivity contribution is 0.102. The monoisotopic (exact) mass is 425 g/mol. The number of aliphatic hydroxyl groups excluding tert-OH is 1. The molecule has 1 aliphatic rings. The first-order chi connectivity index (χ1) is 12.5. The topological polar surface area (TPSA) is 78.6 Å². The van der Waals surface area contributed by atoms with Gasteiger partial charge in [-0.2, -0.15) is 0 Å². The minimum Gasteiger partial charge on any atom is -0.399 e. The molecule has 0 aromatic heterocycles. The molecule has 0 spiro atoms. The maximum absolute atomic E-state index is 12.6. The number of anilines is 2. The van der Waals surface area contributed by atoms with Gasteiger partial charge in [0.1, 0.15) is 0 Å². The Hall–Kier alpha value is -1.79. The number of piperidine rings is 1. The van der Waals surface area contributed by atoms with E-state index in [4.69, 9.17) is 5.73 Å². The van der Waals surface area contributed by atoms with Gasteiger partial charge in [0.05, 0.1) is 0 Å². The Balaban J connectivity index is 0.00000196. The molecule has 1 amide bonds. The predicted molar refractivity (Wildman–Crippen MR) is 120 cm³/mol. The zero-order chi connectivity index (χ0) is 18.5. The fourth-order valence-corrected chi connectivity index (χ4v) is 3.42. The number of benzene rings is 2. The number of nitrogens with zero attached hydrogens (tertiary/aromatic N) is 1. The molecule has 3 rings (SSSR count). The number of halogens is 2. The second kappa shape index (κ2) is 11.3. The first kappa shape index (κ1) is 24.2. The summed E-state index contributed by atoms with van der Waals surface area (Å²) >= 11 is 0. The standard InChI is InChI=1S/C21H27N3O2.2ClH/c1-15-5-6-18(22)12-20(15)21(26)23-19-4-2-3-17(11-19)13-24-9-7-16(14-25)8-10-24;;/h2-6,11-12,16,25H,7-10,13-14,22H2,1H3,(H,23,26);2*1H. The number of rotatable bonds is 5. The highest BCUT2D eigenvalue weighted by molar-refractivity contribution is 6.05. The van der Waals surface area contributed by atoms with Crippen molar-refractivity contribution in [2.75, 3.05) is 30.7 Å². The molecule has 28 heavy (non-hydrogen) atoms. The fourth-order valence-electron chi connectivity index (χ4n) is 3.42. The maximum atomic E-state index is 12.6. The SMILES string of the molecule is Cc1ccc(N)cc1C(=O)Nc1cccc(CN2CCC(CO)CC2)c1.Cl.Cl. The van der Waals surface area contributed by atoms with Crippen LogP contribution in [0.1, 0.15) is 34.3 Å². The summed E-state index contributed by atoms with van der Waals surface area (Å²) in [5.41, 5.74) is 9.86. The Labute approximate surface area is 179 Å². The van der Waals surface area contributed by atoms with Crippen molar-refractivity contribution in [1.82, 2.24) is 4.90 Å². The number of likely N-dealkylation sites (tertiary alicyclic amines) is 1. The van der Waals surface area contributed by atoms with Crippen LogP contribution in [0.4, 0.5) is 11.4 Å². The van der Waals surface area contributed by atoms with Crippen molar-refractivity contribution in [2.45, 2.75) is 26.3 Å². The molecular weight excluding hydrogens is 397 g/mol. The Morgan fingerprint density at radius 2 is 1.89 bits per heavy atom. The number of nitrogens with one attached hydrogen (secondary N) is 1. The van der Waals surface area contributed by atoms with Crippen LogP contribution in [0.5, 0.6) is 0 Å². The second-order valence-electron chi connectivity index (χ2n) is 7.13. The van der Waals surface area contributed by atoms with Crippen molar-refractivity contribution in [3.63, 3.8) is 0 Å². The summed E-state index contributed by atoms with van der Waals surface area (Å²) in [6, 6.07) is 13.3. The van der Waals surface area contributed by atoms with Gasteiger partial charge in [-0.3, -0.25) is 9.69 Å². The second-order valence-corrected chi connectivity index (χ2v) is 7.13. The number of carbonyl (C=O) groups excluding carboxylic acids is 1. The zero-order valence-corrected chi connectivity index (χ0v) is 17.7. The van der Waals surface area contributed by atoms with Gasteiger partial charge in [-0.1, -0.05) is 18.2 Å². The van der Waals surface area contributed by atoms with Gasteiger partial charge in [0, 0.05) is 30.1 Å². The van der Waals surface area contributed by atoms with E-state index in [1.165, 1.54) is 5.56 Å². The molecule has 0 atom stereocenters. The lowest BCUT2D eigenvalue weighted by Gasteiger charge is -2.31. The van der Waals surface area contributed by atoms with Crippen LogP contribution in [0, 0.1) is 12.8 Å². The van der Waals surface area contributed by atoms with Crippen molar-refractivity contribution in [3.8, 4) is 0 Å². The molecule has 0 saturated carbocycles. The van der Waals surface area contributed by atoms with Gasteiger partial charge in [0.2, 0.25) is 0 Å². The van der Waals surface area contributed by atoms with E-state index in [-0.39, 0.29) is 30.7 Å². The number of nitrogens with two attached hydrogens (primary N) is 1. The normalized spacial score (nSPS) is 14.6. The van der Waals surface area contributed by atoms with Gasteiger partial charge in [-0.25, -0.2) is 0 Å². The van der Waals surface area contributed by atoms with Gasteiger partial charge < -0.3 is 16.2 Å². The molecule has 2 aromatic rings. The van der Waals surface area contributed by atoms with E-state index in [9.17, 15) is 9.90 Å².